The SMILES string of the molecule is C[C@H](C(=O)O)c1ccc(C=O)cc1. The Bertz CT molecular complexity index is 313. The predicted octanol–water partition coefficient (Wildman–Crippen LogP) is 1.69. The minimum Gasteiger partial charge on any atom is -0.481 e. The van der Waals surface area contributed by atoms with E-state index in [9.17, 15) is 9.59 Å². The second-order valence-electron chi connectivity index (χ2n) is 2.84. The van der Waals surface area contributed by atoms with E-state index >= 15 is 0 Å². The molecule has 1 aromatic carbocycles. The van der Waals surface area contributed by atoms with Gasteiger partial charge >= 0.3 is 5.97 Å². The molecule has 0 saturated carbocycles. The highest BCUT2D eigenvalue weighted by molar-refractivity contribution is 5.77. The molecule has 0 spiro atoms. The molecule has 0 fully saturated rings. The van der Waals surface area contributed by atoms with Crippen molar-refractivity contribution in [2.45, 2.75) is 12.8 Å². The summed E-state index contributed by atoms with van der Waals surface area (Å²) in [6.07, 6.45) is 0.731. The zero-order valence-corrected chi connectivity index (χ0v) is 7.23. The molecule has 1 rings (SSSR count). The van der Waals surface area contributed by atoms with Crippen molar-refractivity contribution in [2.75, 3.05) is 0 Å². The van der Waals surface area contributed by atoms with E-state index in [1.54, 1.807) is 31.2 Å². The van der Waals surface area contributed by atoms with Crippen LogP contribution in [0.25, 0.3) is 0 Å². The van der Waals surface area contributed by atoms with Gasteiger partial charge in [0.1, 0.15) is 6.29 Å². The largest absolute Gasteiger partial charge is 0.481 e. The standard InChI is InChI=1S/C10H10O3/c1-7(10(12)13)9-4-2-8(6-11)3-5-9/h2-7H,1H3,(H,12,13)/t7-/m0/s1. The van der Waals surface area contributed by atoms with Gasteiger partial charge in [0.2, 0.25) is 0 Å². The first-order chi connectivity index (χ1) is 6.15. The molecule has 1 aromatic rings. The molecule has 0 aromatic heterocycles. The first-order valence-electron chi connectivity index (χ1n) is 3.93. The van der Waals surface area contributed by atoms with E-state index in [0.717, 1.165) is 6.29 Å². The molecule has 0 saturated heterocycles. The van der Waals surface area contributed by atoms with E-state index < -0.39 is 11.9 Å². The lowest BCUT2D eigenvalue weighted by Crippen LogP contribution is -2.07. The molecule has 0 heterocycles. The van der Waals surface area contributed by atoms with Crippen LogP contribution in [0.4, 0.5) is 0 Å². The third-order valence-corrected chi connectivity index (χ3v) is 1.94. The molecule has 0 radical (unpaired) electrons. The van der Waals surface area contributed by atoms with Crippen LogP contribution < -0.4 is 0 Å². The maximum absolute atomic E-state index is 10.6. The second kappa shape index (κ2) is 3.85. The molecule has 68 valence electrons. The van der Waals surface area contributed by atoms with Gasteiger partial charge in [0, 0.05) is 5.56 Å². The van der Waals surface area contributed by atoms with Crippen molar-refractivity contribution in [2.24, 2.45) is 0 Å². The predicted molar refractivity (Wildman–Crippen MR) is 47.9 cm³/mol. The summed E-state index contributed by atoms with van der Waals surface area (Å²) in [5.41, 5.74) is 1.26. The first-order valence-corrected chi connectivity index (χ1v) is 3.93. The third-order valence-electron chi connectivity index (χ3n) is 1.94. The van der Waals surface area contributed by atoms with Crippen LogP contribution in [0.1, 0.15) is 28.8 Å². The molecule has 3 nitrogen and oxygen atoms in total. The molecule has 0 aliphatic heterocycles. The van der Waals surface area contributed by atoms with Gasteiger partial charge in [-0.2, -0.15) is 0 Å². The lowest BCUT2D eigenvalue weighted by Gasteiger charge is -2.05. The van der Waals surface area contributed by atoms with E-state index in [2.05, 4.69) is 0 Å². The van der Waals surface area contributed by atoms with E-state index in [4.69, 9.17) is 5.11 Å². The Labute approximate surface area is 76.0 Å². The quantitative estimate of drug-likeness (QED) is 0.716. The zero-order valence-electron chi connectivity index (χ0n) is 7.23. The van der Waals surface area contributed by atoms with Crippen molar-refractivity contribution in [3.05, 3.63) is 35.4 Å². The highest BCUT2D eigenvalue weighted by Crippen LogP contribution is 2.15. The summed E-state index contributed by atoms with van der Waals surface area (Å²) in [7, 11) is 0. The highest BCUT2D eigenvalue weighted by Gasteiger charge is 2.12. The molecule has 0 amide bonds. The molecule has 0 aliphatic rings. The van der Waals surface area contributed by atoms with Crippen LogP contribution in [-0.4, -0.2) is 17.4 Å². The number of hydrogen-bond donors (Lipinski definition) is 1. The van der Waals surface area contributed by atoms with Crippen molar-refractivity contribution in [1.82, 2.24) is 0 Å². The normalized spacial score (nSPS) is 12.1. The van der Waals surface area contributed by atoms with E-state index in [-0.39, 0.29) is 0 Å². The van der Waals surface area contributed by atoms with E-state index in [0.29, 0.717) is 11.1 Å². The van der Waals surface area contributed by atoms with Crippen molar-refractivity contribution < 1.29 is 14.7 Å². The smallest absolute Gasteiger partial charge is 0.310 e. The molecule has 0 bridgehead atoms. The average Bonchev–Trinajstić information content (AvgIpc) is 2.17. The summed E-state index contributed by atoms with van der Waals surface area (Å²) in [5.74, 6) is -1.39. The fraction of sp³-hybridized carbons (Fsp3) is 0.200. The Morgan fingerprint density at radius 3 is 2.31 bits per heavy atom. The van der Waals surface area contributed by atoms with E-state index in [1.807, 2.05) is 0 Å². The average molecular weight is 178 g/mol. The zero-order chi connectivity index (χ0) is 9.84. The molecule has 1 N–H and O–H groups in total. The number of carbonyl (C=O) groups is 2. The van der Waals surface area contributed by atoms with Crippen LogP contribution in [-0.2, 0) is 4.79 Å². The van der Waals surface area contributed by atoms with E-state index in [1.165, 1.54) is 0 Å². The molecule has 1 atom stereocenters. The van der Waals surface area contributed by atoms with Crippen LogP contribution in [0, 0.1) is 0 Å². The van der Waals surface area contributed by atoms with Crippen LogP contribution in [0.15, 0.2) is 24.3 Å². The number of carboxylic acid groups (broad SMARTS) is 1. The van der Waals surface area contributed by atoms with Crippen LogP contribution in [0.3, 0.4) is 0 Å². The molecule has 0 unspecified atom stereocenters. The van der Waals surface area contributed by atoms with Gasteiger partial charge < -0.3 is 5.11 Å². The minimum atomic E-state index is -0.862. The second-order valence-corrected chi connectivity index (χ2v) is 2.84. The van der Waals surface area contributed by atoms with Gasteiger partial charge in [0.25, 0.3) is 0 Å². The van der Waals surface area contributed by atoms with Crippen LogP contribution >= 0.6 is 0 Å². The van der Waals surface area contributed by atoms with Gasteiger partial charge in [-0.25, -0.2) is 0 Å². The summed E-state index contributed by atoms with van der Waals surface area (Å²) in [5, 5.41) is 8.69. The number of rotatable bonds is 3. The fourth-order valence-corrected chi connectivity index (χ4v) is 1.01. The van der Waals surface area contributed by atoms with Crippen LogP contribution in [0.5, 0.6) is 0 Å². The Hall–Kier alpha value is -1.64. The Morgan fingerprint density at radius 2 is 1.92 bits per heavy atom. The summed E-state index contributed by atoms with van der Waals surface area (Å²) in [6.45, 7) is 1.61. The van der Waals surface area contributed by atoms with Crippen molar-refractivity contribution in [3.8, 4) is 0 Å². The Kier molecular flexibility index (Phi) is 2.80. The summed E-state index contributed by atoms with van der Waals surface area (Å²) in [4.78, 5) is 20.9. The number of hydrogen-bond acceptors (Lipinski definition) is 2. The van der Waals surface area contributed by atoms with Gasteiger partial charge in [-0.3, -0.25) is 9.59 Å². The Balaban J connectivity index is 2.91. The van der Waals surface area contributed by atoms with Gasteiger partial charge in [0.05, 0.1) is 5.92 Å². The summed E-state index contributed by atoms with van der Waals surface area (Å²) >= 11 is 0. The maximum atomic E-state index is 10.6. The maximum Gasteiger partial charge on any atom is 0.310 e. The van der Waals surface area contributed by atoms with Gasteiger partial charge in [0.15, 0.2) is 0 Å². The summed E-state index contributed by atoms with van der Waals surface area (Å²) in [6, 6.07) is 6.54. The lowest BCUT2D eigenvalue weighted by atomic mass is 10.0. The number of benzene rings is 1. The van der Waals surface area contributed by atoms with Crippen molar-refractivity contribution >= 4 is 12.3 Å². The van der Waals surface area contributed by atoms with Crippen LogP contribution in [0.2, 0.25) is 0 Å². The van der Waals surface area contributed by atoms with Gasteiger partial charge in [-0.05, 0) is 12.5 Å². The van der Waals surface area contributed by atoms with Gasteiger partial charge in [-0.15, -0.1) is 0 Å². The fourth-order valence-electron chi connectivity index (χ4n) is 1.01. The van der Waals surface area contributed by atoms with Gasteiger partial charge in [-0.1, -0.05) is 24.3 Å². The third kappa shape index (κ3) is 2.15. The number of carboxylic acids is 1. The van der Waals surface area contributed by atoms with Crippen molar-refractivity contribution in [1.29, 1.82) is 0 Å². The topological polar surface area (TPSA) is 54.4 Å². The lowest BCUT2D eigenvalue weighted by molar-refractivity contribution is -0.138. The molecular weight excluding hydrogens is 168 g/mol. The number of aldehydes is 1. The number of aliphatic carboxylic acids is 1. The monoisotopic (exact) mass is 178 g/mol. The molecule has 3 heteroatoms. The highest BCUT2D eigenvalue weighted by atomic mass is 16.4. The van der Waals surface area contributed by atoms with Crippen molar-refractivity contribution in [3.63, 3.8) is 0 Å². The molecule has 0 aliphatic carbocycles. The molecular formula is C10H10O3. The Morgan fingerprint density at radius 1 is 1.38 bits per heavy atom. The summed E-state index contributed by atoms with van der Waals surface area (Å²) < 4.78 is 0. The first kappa shape index (κ1) is 9.45. The molecule has 13 heavy (non-hydrogen) atoms. The number of carbonyl (C=O) groups excluding carboxylic acids is 1. The minimum absolute atomic E-state index is 0.527.